The maximum Gasteiger partial charge on any atom is 0.242 e. The minimum atomic E-state index is -3.61. The maximum atomic E-state index is 12.6. The van der Waals surface area contributed by atoms with Crippen LogP contribution in [0.1, 0.15) is 19.3 Å². The van der Waals surface area contributed by atoms with Crippen LogP contribution >= 0.6 is 0 Å². The number of anilines is 1. The summed E-state index contributed by atoms with van der Waals surface area (Å²) in [5, 5.41) is 0. The van der Waals surface area contributed by atoms with Crippen LogP contribution in [-0.4, -0.2) is 53.9 Å². The molecular formula is C14H23N3O4S. The number of nitrogens with zero attached hydrogens (tertiary/aromatic N) is 2. The van der Waals surface area contributed by atoms with E-state index in [1.54, 1.807) is 13.3 Å². The Bertz CT molecular complexity index is 586. The highest BCUT2D eigenvalue weighted by atomic mass is 32.2. The van der Waals surface area contributed by atoms with Crippen molar-refractivity contribution < 1.29 is 17.9 Å². The lowest BCUT2D eigenvalue weighted by atomic mass is 10.3. The molecule has 1 aromatic rings. The van der Waals surface area contributed by atoms with Crippen LogP contribution in [0.3, 0.4) is 0 Å². The molecule has 22 heavy (non-hydrogen) atoms. The van der Waals surface area contributed by atoms with Crippen LogP contribution in [-0.2, 0) is 14.8 Å². The number of pyridine rings is 1. The van der Waals surface area contributed by atoms with Gasteiger partial charge in [0.15, 0.2) is 0 Å². The highest BCUT2D eigenvalue weighted by Gasteiger charge is 2.25. The van der Waals surface area contributed by atoms with Crippen molar-refractivity contribution in [3.05, 3.63) is 12.3 Å². The van der Waals surface area contributed by atoms with Gasteiger partial charge in [0.2, 0.25) is 15.9 Å². The Balaban J connectivity index is 2.25. The molecule has 8 heteroatoms. The molecular weight excluding hydrogens is 306 g/mol. The van der Waals surface area contributed by atoms with Crippen LogP contribution in [0.15, 0.2) is 17.2 Å². The van der Waals surface area contributed by atoms with E-state index in [0.717, 1.165) is 25.9 Å². The van der Waals surface area contributed by atoms with Crippen LogP contribution in [0, 0.1) is 0 Å². The Morgan fingerprint density at radius 3 is 2.68 bits per heavy atom. The molecule has 0 saturated carbocycles. The van der Waals surface area contributed by atoms with Crippen molar-refractivity contribution in [2.75, 3.05) is 45.4 Å². The zero-order chi connectivity index (χ0) is 16.0. The number of ether oxygens (including phenoxy) is 2. The first kappa shape index (κ1) is 17.0. The zero-order valence-corrected chi connectivity index (χ0v) is 13.9. The molecule has 1 aromatic heterocycles. The van der Waals surface area contributed by atoms with Gasteiger partial charge in [-0.2, -0.15) is 0 Å². The molecule has 2 rings (SSSR count). The second-order valence-corrected chi connectivity index (χ2v) is 6.87. The van der Waals surface area contributed by atoms with Gasteiger partial charge in [-0.15, -0.1) is 0 Å². The molecule has 1 saturated heterocycles. The van der Waals surface area contributed by atoms with Gasteiger partial charge in [-0.05, 0) is 19.3 Å². The fourth-order valence-electron chi connectivity index (χ4n) is 2.43. The lowest BCUT2D eigenvalue weighted by Crippen LogP contribution is -2.28. The summed E-state index contributed by atoms with van der Waals surface area (Å²) in [6.07, 6.45) is 4.32. The van der Waals surface area contributed by atoms with Crippen molar-refractivity contribution in [2.45, 2.75) is 24.2 Å². The highest BCUT2D eigenvalue weighted by Crippen LogP contribution is 2.29. The number of sulfonamides is 1. The molecule has 1 aliphatic rings. The minimum Gasteiger partial charge on any atom is -0.481 e. The maximum absolute atomic E-state index is 12.6. The number of aromatic nitrogens is 1. The summed E-state index contributed by atoms with van der Waals surface area (Å²) in [5.41, 5.74) is 0.637. The van der Waals surface area contributed by atoms with Crippen molar-refractivity contribution >= 4 is 15.7 Å². The van der Waals surface area contributed by atoms with Gasteiger partial charge in [-0.3, -0.25) is 0 Å². The van der Waals surface area contributed by atoms with Gasteiger partial charge in [0.05, 0.1) is 19.0 Å². The molecule has 1 fully saturated rings. The van der Waals surface area contributed by atoms with Gasteiger partial charge in [-0.25, -0.2) is 18.1 Å². The molecule has 0 amide bonds. The molecule has 2 heterocycles. The third-order valence-electron chi connectivity index (χ3n) is 3.58. The largest absolute Gasteiger partial charge is 0.481 e. The number of methoxy groups -OCH3 is 2. The number of hydrogen-bond donors (Lipinski definition) is 1. The molecule has 0 radical (unpaired) electrons. The highest BCUT2D eigenvalue weighted by molar-refractivity contribution is 7.89. The van der Waals surface area contributed by atoms with E-state index in [4.69, 9.17) is 9.47 Å². The molecule has 0 aliphatic carbocycles. The van der Waals surface area contributed by atoms with E-state index in [-0.39, 0.29) is 4.90 Å². The van der Waals surface area contributed by atoms with E-state index in [2.05, 4.69) is 14.6 Å². The fraction of sp³-hybridized carbons (Fsp3) is 0.643. The predicted molar refractivity (Wildman–Crippen MR) is 83.9 cm³/mol. The van der Waals surface area contributed by atoms with Crippen molar-refractivity contribution in [1.29, 1.82) is 0 Å². The average Bonchev–Trinajstić information content (AvgIpc) is 3.05. The second kappa shape index (κ2) is 7.75. The van der Waals surface area contributed by atoms with Crippen molar-refractivity contribution in [2.24, 2.45) is 0 Å². The molecule has 124 valence electrons. The predicted octanol–water partition coefficient (Wildman–Crippen LogP) is 1.01. The number of rotatable bonds is 8. The first-order chi connectivity index (χ1) is 10.6. The van der Waals surface area contributed by atoms with E-state index in [1.807, 2.05) is 0 Å². The summed E-state index contributed by atoms with van der Waals surface area (Å²) in [6.45, 7) is 2.54. The van der Waals surface area contributed by atoms with E-state index in [1.165, 1.54) is 13.2 Å². The van der Waals surface area contributed by atoms with Crippen molar-refractivity contribution in [3.8, 4) is 5.88 Å². The summed E-state index contributed by atoms with van der Waals surface area (Å²) in [4.78, 5) is 6.42. The van der Waals surface area contributed by atoms with Gasteiger partial charge in [0.25, 0.3) is 0 Å². The van der Waals surface area contributed by atoms with E-state index >= 15 is 0 Å². The van der Waals surface area contributed by atoms with Gasteiger partial charge < -0.3 is 14.4 Å². The Kier molecular flexibility index (Phi) is 5.98. The summed E-state index contributed by atoms with van der Waals surface area (Å²) >= 11 is 0. The smallest absolute Gasteiger partial charge is 0.242 e. The summed E-state index contributed by atoms with van der Waals surface area (Å²) in [7, 11) is -0.545. The summed E-state index contributed by atoms with van der Waals surface area (Å²) in [5.74, 6) is 0.292. The molecule has 0 bridgehead atoms. The molecule has 0 aromatic carbocycles. The Hall–Kier alpha value is -1.38. The summed E-state index contributed by atoms with van der Waals surface area (Å²) in [6, 6.07) is 1.48. The van der Waals surface area contributed by atoms with E-state index in [0.29, 0.717) is 31.1 Å². The third kappa shape index (κ3) is 4.08. The van der Waals surface area contributed by atoms with Gasteiger partial charge in [0.1, 0.15) is 4.90 Å². The lowest BCUT2D eigenvalue weighted by molar-refractivity contribution is 0.196. The normalized spacial score (nSPS) is 15.3. The standard InChI is InChI=1S/C14H23N3O4S/c1-20-9-5-6-16-22(18,19)13-10-14(21-2)15-11-12(13)17-7-3-4-8-17/h10-11,16H,3-9H2,1-2H3. The van der Waals surface area contributed by atoms with Gasteiger partial charge >= 0.3 is 0 Å². The van der Waals surface area contributed by atoms with E-state index < -0.39 is 10.0 Å². The van der Waals surface area contributed by atoms with Crippen molar-refractivity contribution in [1.82, 2.24) is 9.71 Å². The van der Waals surface area contributed by atoms with Crippen LogP contribution < -0.4 is 14.4 Å². The second-order valence-electron chi connectivity index (χ2n) is 5.13. The Morgan fingerprint density at radius 1 is 1.32 bits per heavy atom. The van der Waals surface area contributed by atoms with Crippen LogP contribution in [0.5, 0.6) is 5.88 Å². The number of hydrogen-bond acceptors (Lipinski definition) is 6. The van der Waals surface area contributed by atoms with Crippen LogP contribution in [0.25, 0.3) is 0 Å². The van der Waals surface area contributed by atoms with Gasteiger partial charge in [0, 0.05) is 39.4 Å². The number of nitrogens with one attached hydrogen (secondary N) is 1. The first-order valence-corrected chi connectivity index (χ1v) is 8.84. The Morgan fingerprint density at radius 2 is 2.05 bits per heavy atom. The van der Waals surface area contributed by atoms with Gasteiger partial charge in [-0.1, -0.05) is 0 Å². The summed E-state index contributed by atoms with van der Waals surface area (Å²) < 4.78 is 37.8. The fourth-order valence-corrected chi connectivity index (χ4v) is 3.72. The molecule has 0 unspecified atom stereocenters. The first-order valence-electron chi connectivity index (χ1n) is 7.36. The minimum absolute atomic E-state index is 0.221. The average molecular weight is 329 g/mol. The molecule has 0 atom stereocenters. The Labute approximate surface area is 131 Å². The monoisotopic (exact) mass is 329 g/mol. The molecule has 1 N–H and O–H groups in total. The quantitative estimate of drug-likeness (QED) is 0.717. The van der Waals surface area contributed by atoms with Crippen molar-refractivity contribution in [3.63, 3.8) is 0 Å². The van der Waals surface area contributed by atoms with Crippen LogP contribution in [0.4, 0.5) is 5.69 Å². The van der Waals surface area contributed by atoms with Crippen LogP contribution in [0.2, 0.25) is 0 Å². The molecule has 1 aliphatic heterocycles. The lowest BCUT2D eigenvalue weighted by Gasteiger charge is -2.21. The molecule has 7 nitrogen and oxygen atoms in total. The van der Waals surface area contributed by atoms with E-state index in [9.17, 15) is 8.42 Å². The third-order valence-corrected chi connectivity index (χ3v) is 5.07. The topological polar surface area (TPSA) is 80.8 Å². The molecule has 0 spiro atoms. The SMILES string of the molecule is COCCCNS(=O)(=O)c1cc(OC)ncc1N1CCCC1. The zero-order valence-electron chi connectivity index (χ0n) is 13.0.